The summed E-state index contributed by atoms with van der Waals surface area (Å²) in [5, 5.41) is 25.6. The lowest BCUT2D eigenvalue weighted by Gasteiger charge is -2.64. The Morgan fingerprint density at radius 2 is 1.87 bits per heavy atom. The number of hydrogen-bond donors (Lipinski definition) is 3. The maximum Gasteiger partial charge on any atom is 0.411 e. The summed E-state index contributed by atoms with van der Waals surface area (Å²) in [6.07, 6.45) is 11.6. The first kappa shape index (κ1) is 28.2. The summed E-state index contributed by atoms with van der Waals surface area (Å²) in [6, 6.07) is 1.65. The smallest absolute Gasteiger partial charge is 0.411 e. The Morgan fingerprint density at radius 1 is 1.13 bits per heavy atom. The number of halogens is 1. The second-order valence-corrected chi connectivity index (χ2v) is 14.0. The van der Waals surface area contributed by atoms with Crippen LogP contribution in [0.2, 0.25) is 5.02 Å². The second kappa shape index (κ2) is 10.9. The van der Waals surface area contributed by atoms with Crippen LogP contribution in [0.3, 0.4) is 0 Å². The molecule has 0 radical (unpaired) electrons. The van der Waals surface area contributed by atoms with E-state index in [2.05, 4.69) is 38.0 Å². The van der Waals surface area contributed by atoms with E-state index in [-0.39, 0.29) is 29.0 Å². The standard InChI is InChI=1S/C31H47ClN2O4/c1-5-22-26-15-21(35)8-11-31(26,4)25-9-12-30(3)23(6-7-24(30)27(25)28(22)36)18(2)10-13-38-29(37)34-20-14-19(32)16-33-17-20/h14,16-18,21-28,35-36H,5-13,15H2,1-4H3,(H,34,37)/t18-,21-,22-,23-,24+,25?,26+,27+,28-,30-,31-/m1/s1. The first-order valence-corrected chi connectivity index (χ1v) is 15.4. The van der Waals surface area contributed by atoms with Gasteiger partial charge in [0.2, 0.25) is 0 Å². The second-order valence-electron chi connectivity index (χ2n) is 13.5. The Labute approximate surface area is 233 Å². The molecule has 1 unspecified atom stereocenters. The Balaban J connectivity index is 1.24. The topological polar surface area (TPSA) is 91.7 Å². The molecule has 0 aromatic carbocycles. The van der Waals surface area contributed by atoms with Crippen LogP contribution in [-0.4, -0.2) is 40.1 Å². The van der Waals surface area contributed by atoms with E-state index in [0.717, 1.165) is 32.1 Å². The van der Waals surface area contributed by atoms with E-state index in [1.54, 1.807) is 12.3 Å². The predicted octanol–water partition coefficient (Wildman–Crippen LogP) is 6.94. The molecule has 11 atom stereocenters. The van der Waals surface area contributed by atoms with Crippen molar-refractivity contribution in [2.24, 2.45) is 52.3 Å². The fourth-order valence-electron chi connectivity index (χ4n) is 10.1. The van der Waals surface area contributed by atoms with E-state index < -0.39 is 6.09 Å². The average molecular weight is 547 g/mol. The van der Waals surface area contributed by atoms with Crippen LogP contribution in [0.5, 0.6) is 0 Å². The van der Waals surface area contributed by atoms with E-state index >= 15 is 0 Å². The van der Waals surface area contributed by atoms with Crippen LogP contribution in [0.1, 0.15) is 85.5 Å². The molecule has 5 rings (SSSR count). The monoisotopic (exact) mass is 546 g/mol. The van der Waals surface area contributed by atoms with Gasteiger partial charge in [-0.15, -0.1) is 0 Å². The van der Waals surface area contributed by atoms with Gasteiger partial charge in [-0.05, 0) is 110 Å². The molecular weight excluding hydrogens is 500 g/mol. The van der Waals surface area contributed by atoms with Gasteiger partial charge in [-0.2, -0.15) is 0 Å². The number of rotatable bonds is 6. The van der Waals surface area contributed by atoms with Gasteiger partial charge in [0.15, 0.2) is 0 Å². The van der Waals surface area contributed by atoms with Gasteiger partial charge in [0.1, 0.15) is 0 Å². The number of amides is 1. The first-order valence-electron chi connectivity index (χ1n) is 15.0. The number of aromatic nitrogens is 1. The van der Waals surface area contributed by atoms with Crippen molar-refractivity contribution in [3.8, 4) is 0 Å². The molecule has 0 saturated heterocycles. The van der Waals surface area contributed by atoms with Crippen LogP contribution >= 0.6 is 11.6 Å². The van der Waals surface area contributed by atoms with Gasteiger partial charge in [-0.1, -0.05) is 45.7 Å². The van der Waals surface area contributed by atoms with E-state index in [1.165, 1.54) is 31.9 Å². The zero-order chi connectivity index (χ0) is 27.2. The van der Waals surface area contributed by atoms with Crippen molar-refractivity contribution in [2.45, 2.75) is 97.7 Å². The van der Waals surface area contributed by atoms with Gasteiger partial charge in [0, 0.05) is 6.20 Å². The summed E-state index contributed by atoms with van der Waals surface area (Å²) in [6.45, 7) is 9.92. The SMILES string of the molecule is CC[C@H]1[C@@H](O)[C@@H]2C(CC[C@]3(C)[C@@H]([C@H](C)CCOC(=O)Nc4cncc(Cl)c4)CC[C@@H]23)[C@@]2(C)CC[C@@H](O)C[C@@H]12. The molecule has 4 aliphatic carbocycles. The Kier molecular flexibility index (Phi) is 8.08. The molecule has 3 N–H and O–H groups in total. The lowest BCUT2D eigenvalue weighted by atomic mass is 9.41. The summed E-state index contributed by atoms with van der Waals surface area (Å²) < 4.78 is 5.52. The number of fused-ring (bicyclic) bond motifs is 5. The van der Waals surface area contributed by atoms with E-state index in [1.807, 2.05) is 0 Å². The van der Waals surface area contributed by atoms with Gasteiger partial charge in [0.25, 0.3) is 0 Å². The van der Waals surface area contributed by atoms with E-state index in [4.69, 9.17) is 16.3 Å². The molecule has 6 nitrogen and oxygen atoms in total. The van der Waals surface area contributed by atoms with Gasteiger partial charge in [-0.25, -0.2) is 4.79 Å². The average Bonchev–Trinajstić information content (AvgIpc) is 3.22. The molecule has 1 amide bonds. The van der Waals surface area contributed by atoms with Gasteiger partial charge >= 0.3 is 6.09 Å². The summed E-state index contributed by atoms with van der Waals surface area (Å²) >= 11 is 5.95. The number of anilines is 1. The van der Waals surface area contributed by atoms with Gasteiger partial charge < -0.3 is 14.9 Å². The van der Waals surface area contributed by atoms with Crippen LogP contribution < -0.4 is 5.32 Å². The van der Waals surface area contributed by atoms with Crippen molar-refractivity contribution in [1.82, 2.24) is 4.98 Å². The molecule has 212 valence electrons. The molecule has 1 aromatic heterocycles. The van der Waals surface area contributed by atoms with Crippen LogP contribution in [0.25, 0.3) is 0 Å². The quantitative estimate of drug-likeness (QED) is 0.359. The van der Waals surface area contributed by atoms with Gasteiger partial charge in [-0.3, -0.25) is 10.3 Å². The van der Waals surface area contributed by atoms with E-state index in [9.17, 15) is 15.0 Å². The molecule has 0 bridgehead atoms. The van der Waals surface area contributed by atoms with Crippen molar-refractivity contribution in [2.75, 3.05) is 11.9 Å². The highest BCUT2D eigenvalue weighted by atomic mass is 35.5. The summed E-state index contributed by atoms with van der Waals surface area (Å²) in [4.78, 5) is 16.3. The number of nitrogens with zero attached hydrogens (tertiary/aromatic N) is 1. The molecule has 7 heteroatoms. The molecule has 1 heterocycles. The lowest BCUT2D eigenvalue weighted by molar-refractivity contribution is -0.203. The molecule has 4 fully saturated rings. The predicted molar refractivity (Wildman–Crippen MR) is 150 cm³/mol. The fourth-order valence-corrected chi connectivity index (χ4v) is 10.3. The van der Waals surface area contributed by atoms with E-state index in [0.29, 0.717) is 52.8 Å². The number of carbonyl (C=O) groups excluding carboxylic acids is 1. The van der Waals surface area contributed by atoms with Crippen molar-refractivity contribution >= 4 is 23.4 Å². The summed E-state index contributed by atoms with van der Waals surface area (Å²) in [5.74, 6) is 3.19. The fraction of sp³-hybridized carbons (Fsp3) is 0.806. The number of ether oxygens (including phenoxy) is 1. The van der Waals surface area contributed by atoms with Crippen LogP contribution in [0.4, 0.5) is 10.5 Å². The van der Waals surface area contributed by atoms with Crippen molar-refractivity contribution in [3.05, 3.63) is 23.5 Å². The third kappa shape index (κ3) is 4.88. The van der Waals surface area contributed by atoms with Crippen LogP contribution in [0, 0.1) is 52.3 Å². The minimum Gasteiger partial charge on any atom is -0.449 e. The number of pyridine rings is 1. The Bertz CT molecular complexity index is 1010. The van der Waals surface area contributed by atoms with Crippen LogP contribution in [-0.2, 0) is 4.74 Å². The van der Waals surface area contributed by atoms with Crippen molar-refractivity contribution < 1.29 is 19.7 Å². The molecule has 1 aromatic rings. The normalized spacial score (nSPS) is 42.9. The third-order valence-corrected chi connectivity index (χ3v) is 12.1. The number of aliphatic hydroxyl groups excluding tert-OH is 2. The summed E-state index contributed by atoms with van der Waals surface area (Å²) in [5.41, 5.74) is 0.971. The molecular formula is C31H47ClN2O4. The lowest BCUT2D eigenvalue weighted by Crippen LogP contribution is -2.62. The first-order chi connectivity index (χ1) is 18.1. The minimum atomic E-state index is -0.478. The highest BCUT2D eigenvalue weighted by molar-refractivity contribution is 6.30. The zero-order valence-electron chi connectivity index (χ0n) is 23.5. The zero-order valence-corrected chi connectivity index (χ0v) is 24.3. The summed E-state index contributed by atoms with van der Waals surface area (Å²) in [7, 11) is 0. The molecule has 38 heavy (non-hydrogen) atoms. The Morgan fingerprint density at radius 3 is 2.61 bits per heavy atom. The van der Waals surface area contributed by atoms with Crippen LogP contribution in [0.15, 0.2) is 18.5 Å². The Hall–Kier alpha value is -1.37. The highest BCUT2D eigenvalue weighted by Gasteiger charge is 2.64. The maximum absolute atomic E-state index is 12.3. The number of carbonyl (C=O) groups is 1. The molecule has 0 spiro atoms. The number of hydrogen-bond acceptors (Lipinski definition) is 5. The van der Waals surface area contributed by atoms with Crippen molar-refractivity contribution in [3.63, 3.8) is 0 Å². The molecule has 0 aliphatic heterocycles. The largest absolute Gasteiger partial charge is 0.449 e. The number of nitrogens with one attached hydrogen (secondary N) is 1. The molecule has 4 aliphatic rings. The van der Waals surface area contributed by atoms with Crippen molar-refractivity contribution in [1.29, 1.82) is 0 Å². The van der Waals surface area contributed by atoms with Gasteiger partial charge in [0.05, 0.1) is 35.7 Å². The maximum atomic E-state index is 12.3. The number of aliphatic hydroxyl groups is 2. The minimum absolute atomic E-state index is 0.206. The third-order valence-electron chi connectivity index (χ3n) is 11.9. The molecule has 4 saturated carbocycles. The highest BCUT2D eigenvalue weighted by Crippen LogP contribution is 2.69.